The van der Waals surface area contributed by atoms with E-state index < -0.39 is 0 Å². The van der Waals surface area contributed by atoms with Gasteiger partial charge in [-0.2, -0.15) is 15.5 Å². The van der Waals surface area contributed by atoms with Gasteiger partial charge in [0.2, 0.25) is 0 Å². The fraction of sp³-hybridized carbons (Fsp3) is 0.462. The average molecular weight is 320 g/mol. The van der Waals surface area contributed by atoms with Crippen molar-refractivity contribution in [1.29, 1.82) is 5.26 Å². The fourth-order valence-electron chi connectivity index (χ4n) is 2.18. The highest BCUT2D eigenvalue weighted by Gasteiger charge is 2.23. The van der Waals surface area contributed by atoms with E-state index in [1.54, 1.807) is 4.68 Å². The summed E-state index contributed by atoms with van der Waals surface area (Å²) in [4.78, 5) is 0. The van der Waals surface area contributed by atoms with Crippen molar-refractivity contribution >= 4 is 15.9 Å². The smallest absolute Gasteiger partial charge is 0.165 e. The Labute approximate surface area is 120 Å². The van der Waals surface area contributed by atoms with Crippen LogP contribution in [-0.4, -0.2) is 19.6 Å². The first kappa shape index (κ1) is 12.4. The zero-order chi connectivity index (χ0) is 13.4. The van der Waals surface area contributed by atoms with E-state index in [4.69, 9.17) is 0 Å². The largest absolute Gasteiger partial charge is 0.274 e. The lowest BCUT2D eigenvalue weighted by Gasteiger charge is -1.96. The Balaban J connectivity index is 1.84. The van der Waals surface area contributed by atoms with Crippen LogP contribution in [0.15, 0.2) is 17.0 Å². The molecule has 0 unspecified atom stereocenters. The lowest BCUT2D eigenvalue weighted by molar-refractivity contribution is 0.561. The molecule has 0 N–H and O–H groups in total. The third-order valence-corrected chi connectivity index (χ3v) is 3.99. The molecule has 1 aliphatic rings. The van der Waals surface area contributed by atoms with Crippen molar-refractivity contribution < 1.29 is 0 Å². The van der Waals surface area contributed by atoms with Crippen LogP contribution in [-0.2, 0) is 20.0 Å². The predicted molar refractivity (Wildman–Crippen MR) is 73.4 cm³/mol. The van der Waals surface area contributed by atoms with Crippen molar-refractivity contribution in [3.8, 4) is 6.07 Å². The van der Waals surface area contributed by atoms with Crippen LogP contribution in [0, 0.1) is 17.2 Å². The van der Waals surface area contributed by atoms with E-state index in [1.165, 1.54) is 12.8 Å². The number of nitrogens with zero attached hydrogens (tertiary/aromatic N) is 5. The maximum Gasteiger partial charge on any atom is 0.165 e. The summed E-state index contributed by atoms with van der Waals surface area (Å²) in [6.07, 6.45) is 7.21. The highest BCUT2D eigenvalue weighted by Crippen LogP contribution is 2.30. The Morgan fingerprint density at radius 2 is 2.16 bits per heavy atom. The molecular weight excluding hydrogens is 306 g/mol. The third-order valence-electron chi connectivity index (χ3n) is 3.32. The molecule has 2 heterocycles. The number of rotatable bonds is 4. The van der Waals surface area contributed by atoms with Gasteiger partial charge in [0.05, 0.1) is 0 Å². The highest BCUT2D eigenvalue weighted by molar-refractivity contribution is 9.10. The van der Waals surface area contributed by atoms with Gasteiger partial charge in [-0.3, -0.25) is 9.36 Å². The van der Waals surface area contributed by atoms with Gasteiger partial charge in [-0.1, -0.05) is 0 Å². The summed E-state index contributed by atoms with van der Waals surface area (Å²) in [6.45, 7) is 0.933. The molecule has 1 aliphatic carbocycles. The first-order valence-corrected chi connectivity index (χ1v) is 7.09. The van der Waals surface area contributed by atoms with E-state index in [0.717, 1.165) is 28.2 Å². The molecule has 2 aromatic rings. The molecule has 0 amide bonds. The van der Waals surface area contributed by atoms with Crippen LogP contribution in [0.4, 0.5) is 0 Å². The Hall–Kier alpha value is -1.61. The second kappa shape index (κ2) is 4.82. The van der Waals surface area contributed by atoms with Crippen LogP contribution in [0.25, 0.3) is 0 Å². The zero-order valence-corrected chi connectivity index (χ0v) is 12.3. The van der Waals surface area contributed by atoms with Crippen LogP contribution >= 0.6 is 15.9 Å². The van der Waals surface area contributed by atoms with Crippen molar-refractivity contribution in [3.05, 3.63) is 33.8 Å². The van der Waals surface area contributed by atoms with E-state index >= 15 is 0 Å². The molecule has 0 spiro atoms. The molecule has 6 heteroatoms. The van der Waals surface area contributed by atoms with Crippen LogP contribution in [0.5, 0.6) is 0 Å². The number of aryl methyl sites for hydroxylation is 1. The molecule has 98 valence electrons. The van der Waals surface area contributed by atoms with Gasteiger partial charge in [0.25, 0.3) is 0 Å². The maximum atomic E-state index is 9.18. The van der Waals surface area contributed by atoms with Gasteiger partial charge in [-0.05, 0) is 34.7 Å². The SMILES string of the molecule is Cn1cc(Cc2cn(CC3CC3)nc2C#N)c(Br)n1. The summed E-state index contributed by atoms with van der Waals surface area (Å²) in [5.74, 6) is 0.754. The summed E-state index contributed by atoms with van der Waals surface area (Å²) in [5.41, 5.74) is 2.57. The molecule has 0 bridgehead atoms. The lowest BCUT2D eigenvalue weighted by atomic mass is 10.1. The molecular formula is C13H14BrN5. The summed E-state index contributed by atoms with van der Waals surface area (Å²) >= 11 is 3.44. The van der Waals surface area contributed by atoms with Crippen LogP contribution in [0.2, 0.25) is 0 Å². The molecule has 0 aliphatic heterocycles. The minimum atomic E-state index is 0.524. The van der Waals surface area contributed by atoms with Crippen molar-refractivity contribution in [2.45, 2.75) is 25.8 Å². The number of hydrogen-bond acceptors (Lipinski definition) is 3. The first-order valence-electron chi connectivity index (χ1n) is 6.30. The van der Waals surface area contributed by atoms with Crippen molar-refractivity contribution in [2.75, 3.05) is 0 Å². The van der Waals surface area contributed by atoms with E-state index in [0.29, 0.717) is 12.1 Å². The number of halogens is 1. The van der Waals surface area contributed by atoms with E-state index in [2.05, 4.69) is 32.2 Å². The second-order valence-corrected chi connectivity index (χ2v) is 5.83. The normalized spacial score (nSPS) is 14.6. The summed E-state index contributed by atoms with van der Waals surface area (Å²) in [7, 11) is 1.88. The van der Waals surface area contributed by atoms with Crippen molar-refractivity contribution in [2.24, 2.45) is 13.0 Å². The Morgan fingerprint density at radius 1 is 1.37 bits per heavy atom. The molecule has 1 saturated carbocycles. The number of aromatic nitrogens is 4. The van der Waals surface area contributed by atoms with E-state index in [9.17, 15) is 5.26 Å². The third kappa shape index (κ3) is 2.71. The fourth-order valence-corrected chi connectivity index (χ4v) is 2.67. The van der Waals surface area contributed by atoms with Gasteiger partial charge in [0.15, 0.2) is 5.69 Å². The molecule has 0 atom stereocenters. The standard InChI is InChI=1S/C13H14BrN5/c1-18-7-11(13(14)17-18)4-10-8-19(6-9-2-3-9)16-12(10)5-15/h7-9H,2-4,6H2,1H3. The van der Waals surface area contributed by atoms with Gasteiger partial charge >= 0.3 is 0 Å². The van der Waals surface area contributed by atoms with Gasteiger partial charge in [-0.25, -0.2) is 0 Å². The second-order valence-electron chi connectivity index (χ2n) is 5.08. The molecule has 2 aromatic heterocycles. The van der Waals surface area contributed by atoms with Gasteiger partial charge in [0.1, 0.15) is 10.7 Å². The van der Waals surface area contributed by atoms with E-state index in [-0.39, 0.29) is 0 Å². The monoisotopic (exact) mass is 319 g/mol. The Morgan fingerprint density at radius 3 is 2.74 bits per heavy atom. The average Bonchev–Trinajstić information content (AvgIpc) is 3.00. The van der Waals surface area contributed by atoms with Gasteiger partial charge < -0.3 is 0 Å². The van der Waals surface area contributed by atoms with Crippen LogP contribution < -0.4 is 0 Å². The summed E-state index contributed by atoms with van der Waals surface area (Å²) in [5, 5.41) is 17.8. The number of hydrogen-bond donors (Lipinski definition) is 0. The van der Waals surface area contributed by atoms with E-state index in [1.807, 2.05) is 24.1 Å². The topological polar surface area (TPSA) is 59.4 Å². The zero-order valence-electron chi connectivity index (χ0n) is 10.7. The minimum absolute atomic E-state index is 0.524. The molecule has 19 heavy (non-hydrogen) atoms. The highest BCUT2D eigenvalue weighted by atomic mass is 79.9. The summed E-state index contributed by atoms with van der Waals surface area (Å²) < 4.78 is 4.50. The summed E-state index contributed by atoms with van der Waals surface area (Å²) in [6, 6.07) is 2.18. The molecule has 0 radical (unpaired) electrons. The van der Waals surface area contributed by atoms with Gasteiger partial charge in [-0.15, -0.1) is 0 Å². The first-order chi connectivity index (χ1) is 9.15. The van der Waals surface area contributed by atoms with Crippen LogP contribution in [0.3, 0.4) is 0 Å². The lowest BCUT2D eigenvalue weighted by Crippen LogP contribution is -2.00. The molecule has 0 aromatic carbocycles. The molecule has 5 nitrogen and oxygen atoms in total. The molecule has 3 rings (SSSR count). The molecule has 0 saturated heterocycles. The van der Waals surface area contributed by atoms with Crippen molar-refractivity contribution in [3.63, 3.8) is 0 Å². The van der Waals surface area contributed by atoms with Crippen molar-refractivity contribution in [1.82, 2.24) is 19.6 Å². The maximum absolute atomic E-state index is 9.18. The van der Waals surface area contributed by atoms with Crippen LogP contribution in [0.1, 0.15) is 29.7 Å². The molecule has 1 fully saturated rings. The Bertz CT molecular complexity index is 645. The quantitative estimate of drug-likeness (QED) is 0.868. The predicted octanol–water partition coefficient (Wildman–Crippen LogP) is 2.25. The minimum Gasteiger partial charge on any atom is -0.274 e. The van der Waals surface area contributed by atoms with Gasteiger partial charge in [0, 0.05) is 43.5 Å². The Kier molecular flexibility index (Phi) is 3.15. The number of nitriles is 1.